The maximum Gasteiger partial charge on any atom is 0.150 e. The van der Waals surface area contributed by atoms with Gasteiger partial charge in [0.25, 0.3) is 0 Å². The zero-order valence-corrected chi connectivity index (χ0v) is 9.92. The first-order chi connectivity index (χ1) is 8.78. The molecule has 0 aliphatic carbocycles. The number of carbonyl (C=O) groups excluding carboxylic acids is 2. The lowest BCUT2D eigenvalue weighted by molar-refractivity contribution is 0.111. The van der Waals surface area contributed by atoms with E-state index in [0.717, 1.165) is 23.7 Å². The maximum atomic E-state index is 11.0. The molecule has 0 N–H and O–H groups in total. The molecular weight excluding hydrogens is 228 g/mol. The third-order valence-corrected chi connectivity index (χ3v) is 2.72. The topological polar surface area (TPSA) is 43.4 Å². The van der Waals surface area contributed by atoms with Crippen LogP contribution in [0.3, 0.4) is 0 Å². The molecule has 2 rings (SSSR count). The molecule has 0 amide bonds. The van der Waals surface area contributed by atoms with Gasteiger partial charge in [-0.25, -0.2) is 0 Å². The van der Waals surface area contributed by atoms with Gasteiger partial charge in [-0.1, -0.05) is 18.2 Å². The Morgan fingerprint density at radius 2 is 1.83 bits per heavy atom. The molecule has 0 spiro atoms. The van der Waals surface area contributed by atoms with E-state index in [1.54, 1.807) is 43.5 Å². The Labute approximate surface area is 105 Å². The van der Waals surface area contributed by atoms with Crippen molar-refractivity contribution >= 4 is 12.6 Å². The number of carbonyl (C=O) groups is 2. The van der Waals surface area contributed by atoms with Crippen LogP contribution in [0.4, 0.5) is 0 Å². The first kappa shape index (κ1) is 12.0. The van der Waals surface area contributed by atoms with Crippen LogP contribution in [0.1, 0.15) is 20.7 Å². The van der Waals surface area contributed by atoms with Crippen molar-refractivity contribution < 1.29 is 14.3 Å². The molecule has 2 aromatic rings. The summed E-state index contributed by atoms with van der Waals surface area (Å²) in [6.45, 7) is 0. The van der Waals surface area contributed by atoms with E-state index in [9.17, 15) is 9.59 Å². The molecule has 0 bridgehead atoms. The van der Waals surface area contributed by atoms with Crippen LogP contribution in [-0.4, -0.2) is 19.7 Å². The monoisotopic (exact) mass is 240 g/mol. The summed E-state index contributed by atoms with van der Waals surface area (Å²) < 4.78 is 5.15. The van der Waals surface area contributed by atoms with Crippen LogP contribution < -0.4 is 4.74 Å². The van der Waals surface area contributed by atoms with E-state index in [2.05, 4.69) is 0 Å². The lowest BCUT2D eigenvalue weighted by Crippen LogP contribution is -1.91. The number of hydrogen-bond donors (Lipinski definition) is 0. The third kappa shape index (κ3) is 2.30. The summed E-state index contributed by atoms with van der Waals surface area (Å²) in [7, 11) is 1.57. The number of hydrogen-bond acceptors (Lipinski definition) is 3. The van der Waals surface area contributed by atoms with E-state index in [1.165, 1.54) is 0 Å². The van der Waals surface area contributed by atoms with Crippen LogP contribution >= 0.6 is 0 Å². The van der Waals surface area contributed by atoms with Crippen LogP contribution in [0.25, 0.3) is 11.1 Å². The zero-order chi connectivity index (χ0) is 13.0. The molecule has 18 heavy (non-hydrogen) atoms. The first-order valence-corrected chi connectivity index (χ1v) is 5.47. The molecule has 2 aromatic carbocycles. The molecule has 0 atom stereocenters. The molecule has 0 heterocycles. The number of ether oxygens (including phenoxy) is 1. The van der Waals surface area contributed by atoms with Gasteiger partial charge in [-0.05, 0) is 35.4 Å². The molecule has 0 saturated carbocycles. The Morgan fingerprint density at radius 1 is 1.00 bits per heavy atom. The highest BCUT2D eigenvalue weighted by Gasteiger charge is 2.07. The summed E-state index contributed by atoms with van der Waals surface area (Å²) in [4.78, 5) is 21.8. The van der Waals surface area contributed by atoms with Gasteiger partial charge in [0.2, 0.25) is 0 Å². The molecule has 0 aromatic heterocycles. The average molecular weight is 240 g/mol. The van der Waals surface area contributed by atoms with E-state index >= 15 is 0 Å². The first-order valence-electron chi connectivity index (χ1n) is 5.47. The third-order valence-electron chi connectivity index (χ3n) is 2.72. The largest absolute Gasteiger partial charge is 0.497 e. The van der Waals surface area contributed by atoms with Crippen molar-refractivity contribution in [2.24, 2.45) is 0 Å². The van der Waals surface area contributed by atoms with Gasteiger partial charge in [-0.15, -0.1) is 0 Å². The normalized spacial score (nSPS) is 9.83. The molecular formula is C15H12O3. The Bertz CT molecular complexity index is 588. The lowest BCUT2D eigenvalue weighted by Gasteiger charge is -2.08. The molecule has 0 aliphatic heterocycles. The zero-order valence-electron chi connectivity index (χ0n) is 9.92. The predicted octanol–water partition coefficient (Wildman–Crippen LogP) is 2.99. The molecule has 0 saturated heterocycles. The van der Waals surface area contributed by atoms with Gasteiger partial charge < -0.3 is 4.74 Å². The Balaban J connectivity index is 2.59. The SMILES string of the molecule is COc1ccc(C=O)c(-c2cccc(C=O)c2)c1. The number of aldehydes is 2. The Hall–Kier alpha value is -2.42. The van der Waals surface area contributed by atoms with Crippen molar-refractivity contribution in [3.8, 4) is 16.9 Å². The molecule has 0 fully saturated rings. The number of methoxy groups -OCH3 is 1. The standard InChI is InChI=1S/C15H12O3/c1-18-14-6-5-13(10-17)15(8-14)12-4-2-3-11(7-12)9-16/h2-10H,1H3. The second-order valence-corrected chi connectivity index (χ2v) is 3.81. The quantitative estimate of drug-likeness (QED) is 0.771. The van der Waals surface area contributed by atoms with E-state index in [0.29, 0.717) is 16.9 Å². The minimum Gasteiger partial charge on any atom is -0.497 e. The van der Waals surface area contributed by atoms with Crippen LogP contribution in [-0.2, 0) is 0 Å². The molecule has 3 nitrogen and oxygen atoms in total. The van der Waals surface area contributed by atoms with Gasteiger partial charge in [0.05, 0.1) is 7.11 Å². The van der Waals surface area contributed by atoms with Crippen molar-refractivity contribution in [1.29, 1.82) is 0 Å². The van der Waals surface area contributed by atoms with E-state index in [1.807, 2.05) is 6.07 Å². The van der Waals surface area contributed by atoms with Crippen molar-refractivity contribution in [3.05, 3.63) is 53.6 Å². The van der Waals surface area contributed by atoms with Crippen LogP contribution in [0.5, 0.6) is 5.75 Å². The molecule has 0 radical (unpaired) electrons. The maximum absolute atomic E-state index is 11.0. The smallest absolute Gasteiger partial charge is 0.150 e. The van der Waals surface area contributed by atoms with E-state index in [4.69, 9.17) is 4.74 Å². The highest BCUT2D eigenvalue weighted by atomic mass is 16.5. The Kier molecular flexibility index (Phi) is 3.53. The van der Waals surface area contributed by atoms with Gasteiger partial charge in [-0.2, -0.15) is 0 Å². The second-order valence-electron chi connectivity index (χ2n) is 3.81. The van der Waals surface area contributed by atoms with E-state index in [-0.39, 0.29) is 0 Å². The van der Waals surface area contributed by atoms with Crippen LogP contribution in [0, 0.1) is 0 Å². The highest BCUT2D eigenvalue weighted by molar-refractivity contribution is 5.89. The van der Waals surface area contributed by atoms with Crippen molar-refractivity contribution in [3.63, 3.8) is 0 Å². The van der Waals surface area contributed by atoms with Gasteiger partial charge >= 0.3 is 0 Å². The molecule has 0 unspecified atom stereocenters. The van der Waals surface area contributed by atoms with Gasteiger partial charge in [0.1, 0.15) is 12.0 Å². The highest BCUT2D eigenvalue weighted by Crippen LogP contribution is 2.27. The Morgan fingerprint density at radius 3 is 2.50 bits per heavy atom. The molecule has 0 aliphatic rings. The minimum atomic E-state index is 0.568. The number of benzene rings is 2. The fourth-order valence-electron chi connectivity index (χ4n) is 1.79. The summed E-state index contributed by atoms with van der Waals surface area (Å²) in [6, 6.07) is 12.3. The molecule has 90 valence electrons. The fourth-order valence-corrected chi connectivity index (χ4v) is 1.79. The summed E-state index contributed by atoms with van der Waals surface area (Å²) in [5.41, 5.74) is 2.72. The van der Waals surface area contributed by atoms with Gasteiger partial charge in [0.15, 0.2) is 6.29 Å². The second kappa shape index (κ2) is 5.27. The van der Waals surface area contributed by atoms with Gasteiger partial charge in [-0.3, -0.25) is 9.59 Å². The lowest BCUT2D eigenvalue weighted by atomic mass is 9.98. The predicted molar refractivity (Wildman–Crippen MR) is 69.2 cm³/mol. The summed E-state index contributed by atoms with van der Waals surface area (Å²) in [5, 5.41) is 0. The molecule has 3 heteroatoms. The summed E-state index contributed by atoms with van der Waals surface area (Å²) in [6.07, 6.45) is 1.58. The average Bonchev–Trinajstić information content (AvgIpc) is 2.46. The van der Waals surface area contributed by atoms with Gasteiger partial charge in [0, 0.05) is 11.1 Å². The van der Waals surface area contributed by atoms with Crippen LogP contribution in [0.2, 0.25) is 0 Å². The van der Waals surface area contributed by atoms with Crippen molar-refractivity contribution in [2.75, 3.05) is 7.11 Å². The van der Waals surface area contributed by atoms with Crippen LogP contribution in [0.15, 0.2) is 42.5 Å². The van der Waals surface area contributed by atoms with Crippen molar-refractivity contribution in [1.82, 2.24) is 0 Å². The summed E-state index contributed by atoms with van der Waals surface area (Å²) >= 11 is 0. The number of rotatable bonds is 4. The summed E-state index contributed by atoms with van der Waals surface area (Å²) in [5.74, 6) is 0.673. The van der Waals surface area contributed by atoms with Crippen molar-refractivity contribution in [2.45, 2.75) is 0 Å². The van der Waals surface area contributed by atoms with E-state index < -0.39 is 0 Å². The minimum absolute atomic E-state index is 0.568. The fraction of sp³-hybridized carbons (Fsp3) is 0.0667.